The normalized spacial score (nSPS) is 10.0. The van der Waals surface area contributed by atoms with Crippen LogP contribution in [0.2, 0.25) is 0 Å². The molecule has 7 nitrogen and oxygen atoms in total. The molecule has 2 rings (SSSR count). The number of hydrogen-bond donors (Lipinski definition) is 1. The Kier molecular flexibility index (Phi) is 5.47. The molecule has 0 radical (unpaired) electrons. The van der Waals surface area contributed by atoms with E-state index in [2.05, 4.69) is 10.3 Å². The van der Waals surface area contributed by atoms with Gasteiger partial charge < -0.3 is 24.4 Å². The van der Waals surface area contributed by atoms with Crippen molar-refractivity contribution in [1.29, 1.82) is 0 Å². The van der Waals surface area contributed by atoms with Gasteiger partial charge in [0.15, 0.2) is 11.5 Å². The number of carbonyl (C=O) groups excluding carboxylic acids is 1. The summed E-state index contributed by atoms with van der Waals surface area (Å²) in [6, 6.07) is 6.81. The van der Waals surface area contributed by atoms with E-state index < -0.39 is 0 Å². The molecule has 7 heteroatoms. The van der Waals surface area contributed by atoms with Crippen molar-refractivity contribution in [2.24, 2.45) is 0 Å². The molecule has 0 saturated carbocycles. The zero-order chi connectivity index (χ0) is 17.7. The first kappa shape index (κ1) is 17.4. The summed E-state index contributed by atoms with van der Waals surface area (Å²) >= 11 is 0. The maximum atomic E-state index is 12.5. The number of amides is 1. The Hall–Kier alpha value is -2.96. The van der Waals surface area contributed by atoms with Crippen LogP contribution in [0.5, 0.6) is 17.2 Å². The molecule has 0 aliphatic carbocycles. The lowest BCUT2D eigenvalue weighted by molar-refractivity contribution is 0.102. The summed E-state index contributed by atoms with van der Waals surface area (Å²) < 4.78 is 15.8. The largest absolute Gasteiger partial charge is 0.493 e. The first-order valence-electron chi connectivity index (χ1n) is 7.25. The fourth-order valence-corrected chi connectivity index (χ4v) is 2.14. The molecule has 128 valence electrons. The van der Waals surface area contributed by atoms with Crippen LogP contribution in [0.4, 0.5) is 11.5 Å². The second-order valence-corrected chi connectivity index (χ2v) is 5.17. The summed E-state index contributed by atoms with van der Waals surface area (Å²) in [5, 5.41) is 2.79. The number of rotatable bonds is 6. The first-order valence-corrected chi connectivity index (χ1v) is 7.25. The van der Waals surface area contributed by atoms with Gasteiger partial charge in [-0.1, -0.05) is 0 Å². The number of methoxy groups -OCH3 is 3. The molecule has 1 aromatic heterocycles. The number of anilines is 2. The first-order chi connectivity index (χ1) is 11.5. The van der Waals surface area contributed by atoms with Gasteiger partial charge in [-0.2, -0.15) is 0 Å². The molecule has 0 unspecified atom stereocenters. The molecular weight excluding hydrogens is 310 g/mol. The molecule has 0 atom stereocenters. The number of pyridine rings is 1. The SMILES string of the molecule is COc1cc(C(=O)Nc2ccc(N(C)C)nc2)cc(OC)c1OC. The third-order valence-corrected chi connectivity index (χ3v) is 3.39. The predicted octanol–water partition coefficient (Wildman–Crippen LogP) is 2.43. The molecule has 0 saturated heterocycles. The highest BCUT2D eigenvalue weighted by molar-refractivity contribution is 6.05. The van der Waals surface area contributed by atoms with E-state index in [1.807, 2.05) is 25.1 Å². The van der Waals surface area contributed by atoms with Gasteiger partial charge in [0, 0.05) is 19.7 Å². The average Bonchev–Trinajstić information content (AvgIpc) is 2.60. The molecule has 1 heterocycles. The quantitative estimate of drug-likeness (QED) is 0.876. The van der Waals surface area contributed by atoms with Gasteiger partial charge in [0.05, 0.1) is 33.2 Å². The van der Waals surface area contributed by atoms with Crippen molar-refractivity contribution in [2.75, 3.05) is 45.6 Å². The van der Waals surface area contributed by atoms with Gasteiger partial charge in [0.2, 0.25) is 5.75 Å². The monoisotopic (exact) mass is 331 g/mol. The highest BCUT2D eigenvalue weighted by atomic mass is 16.5. The lowest BCUT2D eigenvalue weighted by Crippen LogP contribution is -2.14. The van der Waals surface area contributed by atoms with E-state index in [9.17, 15) is 4.79 Å². The van der Waals surface area contributed by atoms with Gasteiger partial charge in [-0.25, -0.2) is 4.98 Å². The van der Waals surface area contributed by atoms with Crippen molar-refractivity contribution in [3.63, 3.8) is 0 Å². The lowest BCUT2D eigenvalue weighted by Gasteiger charge is -2.14. The molecule has 0 bridgehead atoms. The second-order valence-electron chi connectivity index (χ2n) is 5.17. The number of aromatic nitrogens is 1. The summed E-state index contributed by atoms with van der Waals surface area (Å²) in [7, 11) is 8.32. The maximum Gasteiger partial charge on any atom is 0.255 e. The van der Waals surface area contributed by atoms with E-state index in [-0.39, 0.29) is 5.91 Å². The maximum absolute atomic E-state index is 12.5. The number of carbonyl (C=O) groups is 1. The molecule has 0 aliphatic rings. The number of nitrogens with zero attached hydrogens (tertiary/aromatic N) is 2. The second kappa shape index (κ2) is 7.54. The Labute approximate surface area is 141 Å². The van der Waals surface area contributed by atoms with E-state index in [1.54, 1.807) is 24.4 Å². The topological polar surface area (TPSA) is 72.9 Å². The van der Waals surface area contributed by atoms with Crippen molar-refractivity contribution in [3.8, 4) is 17.2 Å². The molecular formula is C17H21N3O4. The minimum Gasteiger partial charge on any atom is -0.493 e. The van der Waals surface area contributed by atoms with E-state index in [0.717, 1.165) is 5.82 Å². The van der Waals surface area contributed by atoms with Gasteiger partial charge in [-0.05, 0) is 24.3 Å². The predicted molar refractivity (Wildman–Crippen MR) is 92.6 cm³/mol. The molecule has 24 heavy (non-hydrogen) atoms. The van der Waals surface area contributed by atoms with E-state index in [0.29, 0.717) is 28.5 Å². The van der Waals surface area contributed by atoms with Gasteiger partial charge in [-0.3, -0.25) is 4.79 Å². The van der Waals surface area contributed by atoms with Gasteiger partial charge in [0.25, 0.3) is 5.91 Å². The van der Waals surface area contributed by atoms with Crippen molar-refractivity contribution >= 4 is 17.4 Å². The Balaban J connectivity index is 2.26. The summed E-state index contributed by atoms with van der Waals surface area (Å²) in [6.45, 7) is 0. The average molecular weight is 331 g/mol. The highest BCUT2D eigenvalue weighted by Crippen LogP contribution is 2.38. The molecule has 1 N–H and O–H groups in total. The van der Waals surface area contributed by atoms with Crippen molar-refractivity contribution in [2.45, 2.75) is 0 Å². The smallest absolute Gasteiger partial charge is 0.255 e. The number of nitrogens with one attached hydrogen (secondary N) is 1. The van der Waals surface area contributed by atoms with Gasteiger partial charge in [0.1, 0.15) is 5.82 Å². The zero-order valence-corrected chi connectivity index (χ0v) is 14.4. The Morgan fingerprint density at radius 1 is 1.04 bits per heavy atom. The van der Waals surface area contributed by atoms with Crippen LogP contribution in [0.3, 0.4) is 0 Å². The Bertz CT molecular complexity index is 689. The molecule has 0 spiro atoms. The molecule has 1 aromatic carbocycles. The van der Waals surface area contributed by atoms with Crippen LogP contribution >= 0.6 is 0 Å². The van der Waals surface area contributed by atoms with E-state index >= 15 is 0 Å². The van der Waals surface area contributed by atoms with Crippen molar-refractivity contribution in [3.05, 3.63) is 36.0 Å². The number of ether oxygens (including phenoxy) is 3. The standard InChI is InChI=1S/C17H21N3O4/c1-20(2)15-7-6-12(10-18-15)19-17(21)11-8-13(22-3)16(24-5)14(9-11)23-4/h6-10H,1-5H3,(H,19,21). The van der Waals surface area contributed by atoms with Crippen LogP contribution in [-0.4, -0.2) is 46.3 Å². The fourth-order valence-electron chi connectivity index (χ4n) is 2.14. The molecule has 0 fully saturated rings. The zero-order valence-electron chi connectivity index (χ0n) is 14.4. The minimum absolute atomic E-state index is 0.298. The number of hydrogen-bond acceptors (Lipinski definition) is 6. The molecule has 2 aromatic rings. The summed E-state index contributed by atoms with van der Waals surface area (Å²) in [6.07, 6.45) is 1.60. The molecule has 1 amide bonds. The van der Waals surface area contributed by atoms with Crippen molar-refractivity contribution in [1.82, 2.24) is 4.98 Å². The summed E-state index contributed by atoms with van der Waals surface area (Å²) in [5.74, 6) is 1.79. The van der Waals surface area contributed by atoms with Gasteiger partial charge in [-0.15, -0.1) is 0 Å². The Morgan fingerprint density at radius 3 is 2.08 bits per heavy atom. The lowest BCUT2D eigenvalue weighted by atomic mass is 10.1. The Morgan fingerprint density at radius 2 is 1.67 bits per heavy atom. The van der Waals surface area contributed by atoms with Crippen LogP contribution in [0.25, 0.3) is 0 Å². The van der Waals surface area contributed by atoms with Crippen LogP contribution in [-0.2, 0) is 0 Å². The van der Waals surface area contributed by atoms with Crippen LogP contribution in [0.1, 0.15) is 10.4 Å². The summed E-state index contributed by atoms with van der Waals surface area (Å²) in [4.78, 5) is 18.6. The fraction of sp³-hybridized carbons (Fsp3) is 0.294. The minimum atomic E-state index is -0.298. The highest BCUT2D eigenvalue weighted by Gasteiger charge is 2.17. The third kappa shape index (κ3) is 3.68. The summed E-state index contributed by atoms with van der Waals surface area (Å²) in [5.41, 5.74) is 0.987. The molecule has 0 aliphatic heterocycles. The number of benzene rings is 1. The van der Waals surface area contributed by atoms with Crippen LogP contribution in [0.15, 0.2) is 30.5 Å². The van der Waals surface area contributed by atoms with E-state index in [1.165, 1.54) is 21.3 Å². The third-order valence-electron chi connectivity index (χ3n) is 3.39. The van der Waals surface area contributed by atoms with Gasteiger partial charge >= 0.3 is 0 Å². The van der Waals surface area contributed by atoms with Crippen LogP contribution in [0, 0.1) is 0 Å². The van der Waals surface area contributed by atoms with E-state index in [4.69, 9.17) is 14.2 Å². The van der Waals surface area contributed by atoms with Crippen LogP contribution < -0.4 is 24.4 Å². The van der Waals surface area contributed by atoms with Crippen molar-refractivity contribution < 1.29 is 19.0 Å².